The van der Waals surface area contributed by atoms with E-state index in [1.165, 1.54) is 6.20 Å². The number of quaternary nitrogens is 1. The summed E-state index contributed by atoms with van der Waals surface area (Å²) in [4.78, 5) is 17.6. The van der Waals surface area contributed by atoms with Crippen LogP contribution >= 0.6 is 0 Å². The van der Waals surface area contributed by atoms with Crippen molar-refractivity contribution in [1.29, 1.82) is 0 Å². The highest BCUT2D eigenvalue weighted by atomic mass is 32.2. The molecule has 0 aromatic carbocycles. The van der Waals surface area contributed by atoms with E-state index in [-0.39, 0.29) is 40.2 Å². The Bertz CT molecular complexity index is 760. The van der Waals surface area contributed by atoms with E-state index in [2.05, 4.69) is 4.98 Å². The molecule has 0 spiro atoms. The molecule has 1 amide bonds. The average molecular weight is 384 g/mol. The van der Waals surface area contributed by atoms with Crippen LogP contribution in [0.4, 0.5) is 14.5 Å². The summed E-state index contributed by atoms with van der Waals surface area (Å²) in [6.07, 6.45) is 5.24. The van der Waals surface area contributed by atoms with Crippen molar-refractivity contribution in [3.8, 4) is 0 Å². The molecule has 1 aromatic heterocycles. The number of halogens is 2. The smallest absolute Gasteiger partial charge is 0.246 e. The maximum Gasteiger partial charge on any atom is 0.322 e. The van der Waals surface area contributed by atoms with Gasteiger partial charge in [0.15, 0.2) is 0 Å². The summed E-state index contributed by atoms with van der Waals surface area (Å²) < 4.78 is 39.9. The van der Waals surface area contributed by atoms with E-state index in [1.54, 1.807) is 12.1 Å². The largest absolute Gasteiger partial charge is 0.322 e. The Kier molecular flexibility index (Phi) is 4.48. The number of pyridine rings is 1. The first-order chi connectivity index (χ1) is 12.3. The summed E-state index contributed by atoms with van der Waals surface area (Å²) in [5.74, 6) is -3.45. The van der Waals surface area contributed by atoms with E-state index in [1.807, 2.05) is 0 Å². The number of aromatic nitrogens is 1. The van der Waals surface area contributed by atoms with E-state index in [9.17, 15) is 17.8 Å². The van der Waals surface area contributed by atoms with E-state index in [4.69, 9.17) is 5.14 Å². The fourth-order valence-electron chi connectivity index (χ4n) is 5.48. The Morgan fingerprint density at radius 2 is 2.08 bits per heavy atom. The van der Waals surface area contributed by atoms with Crippen LogP contribution in [-0.4, -0.2) is 33.6 Å². The number of fused-ring (bicyclic) bond motifs is 3. The predicted molar refractivity (Wildman–Crippen MR) is 94.5 cm³/mol. The maximum atomic E-state index is 14.0. The Labute approximate surface area is 154 Å². The van der Waals surface area contributed by atoms with Gasteiger partial charge in [0.25, 0.3) is 0 Å². The second kappa shape index (κ2) is 6.42. The van der Waals surface area contributed by atoms with Gasteiger partial charge in [-0.15, -0.1) is 0 Å². The lowest BCUT2D eigenvalue weighted by Gasteiger charge is -2.37. The van der Waals surface area contributed by atoms with E-state index in [0.29, 0.717) is 18.7 Å². The first-order valence-corrected chi connectivity index (χ1v) is 10.5. The van der Waals surface area contributed by atoms with Gasteiger partial charge in [-0.2, -0.15) is 0 Å². The second-order valence-corrected chi connectivity index (χ2v) is 8.88. The lowest BCUT2D eigenvalue weighted by molar-refractivity contribution is -0.136. The zero-order valence-corrected chi connectivity index (χ0v) is 15.4. The van der Waals surface area contributed by atoms with Crippen molar-refractivity contribution >= 4 is 22.6 Å². The van der Waals surface area contributed by atoms with Crippen LogP contribution < -0.4 is 9.62 Å². The third kappa shape index (κ3) is 2.73. The molecule has 5 atom stereocenters. The summed E-state index contributed by atoms with van der Waals surface area (Å²) in [5, 5.41) is 5.71. The predicted octanol–water partition coefficient (Wildman–Crippen LogP) is 2.90. The molecular weight excluding hydrogens is 360 g/mol. The minimum absolute atomic E-state index is 0.000198. The van der Waals surface area contributed by atoms with Gasteiger partial charge in [0.1, 0.15) is 27.7 Å². The number of hydrogen-bond acceptors (Lipinski definition) is 3. The van der Waals surface area contributed by atoms with Crippen molar-refractivity contribution in [2.75, 3.05) is 6.54 Å². The van der Waals surface area contributed by atoms with Gasteiger partial charge in [0, 0.05) is 43.5 Å². The van der Waals surface area contributed by atoms with Gasteiger partial charge in [-0.3, -0.25) is 0 Å². The monoisotopic (exact) mass is 384 g/mol. The quantitative estimate of drug-likeness (QED) is 0.797. The molecule has 4 rings (SSSR count). The molecule has 3 aliphatic rings. The number of alkyl halides is 2. The Hall–Kier alpha value is -1.25. The molecule has 1 saturated carbocycles. The van der Waals surface area contributed by atoms with Crippen LogP contribution in [0.25, 0.3) is 0 Å². The molecule has 3 fully saturated rings. The number of hydrogen-bond donors (Lipinski definition) is 1. The minimum atomic E-state index is -2.76. The van der Waals surface area contributed by atoms with Gasteiger partial charge in [-0.25, -0.2) is 32.4 Å². The Morgan fingerprint density at radius 3 is 2.85 bits per heavy atom. The molecule has 3 heterocycles. The summed E-state index contributed by atoms with van der Waals surface area (Å²) in [6.45, 7) is 0.614. The summed E-state index contributed by atoms with van der Waals surface area (Å²) in [7, 11) is -1.74. The zero-order valence-electron chi connectivity index (χ0n) is 14.6. The molecule has 1 aromatic rings. The van der Waals surface area contributed by atoms with Gasteiger partial charge in [0.2, 0.25) is 5.92 Å². The maximum absolute atomic E-state index is 14.0. The van der Waals surface area contributed by atoms with Gasteiger partial charge in [-0.05, 0) is 25.7 Å². The van der Waals surface area contributed by atoms with Crippen LogP contribution in [0, 0.1) is 11.8 Å². The Balaban J connectivity index is 1.83. The molecule has 5 nitrogen and oxygen atoms in total. The molecule has 0 radical (unpaired) electrons. The van der Waals surface area contributed by atoms with Crippen molar-refractivity contribution in [1.82, 2.24) is 9.47 Å². The topological polar surface area (TPSA) is 73.1 Å². The molecular formula is C18H24F2N3O2S+. The fourth-order valence-corrected chi connectivity index (χ4v) is 5.88. The molecule has 2 aliphatic heterocycles. The van der Waals surface area contributed by atoms with E-state index in [0.717, 1.165) is 25.7 Å². The number of carbonyl (C=O) groups excluding carboxylic acids is 1. The normalized spacial score (nSPS) is 37.5. The number of carbonyl (C=O) groups is 1. The molecule has 26 heavy (non-hydrogen) atoms. The standard InChI is InChI=1S/C18H24F2N3O2S/c19-18(20)7-5-13-14(11-18)17(24)23(9-3-1-2-4-15(13)23)12-6-8-22-16(10-12)26(21)25/h6,8,10,13-15H,1-5,7,9,11,21H2/q+1. The Morgan fingerprint density at radius 1 is 1.27 bits per heavy atom. The second-order valence-electron chi connectivity index (χ2n) is 7.87. The van der Waals surface area contributed by atoms with Crippen LogP contribution in [0.3, 0.4) is 0 Å². The summed E-state index contributed by atoms with van der Waals surface area (Å²) in [5.41, 5.74) is 0.711. The van der Waals surface area contributed by atoms with Gasteiger partial charge >= 0.3 is 5.91 Å². The van der Waals surface area contributed by atoms with Crippen LogP contribution in [0.1, 0.15) is 44.9 Å². The van der Waals surface area contributed by atoms with E-state index >= 15 is 0 Å². The summed E-state index contributed by atoms with van der Waals surface area (Å²) in [6, 6.07) is 3.43. The van der Waals surface area contributed by atoms with Crippen LogP contribution in [0.15, 0.2) is 23.4 Å². The molecule has 2 N–H and O–H groups in total. The van der Waals surface area contributed by atoms with Crippen molar-refractivity contribution < 1.29 is 17.8 Å². The van der Waals surface area contributed by atoms with Gasteiger partial charge in [-0.1, -0.05) is 0 Å². The molecule has 0 bridgehead atoms. The lowest BCUT2D eigenvalue weighted by atomic mass is 9.75. The fraction of sp³-hybridized carbons (Fsp3) is 0.667. The third-order valence-electron chi connectivity index (χ3n) is 6.55. The SMILES string of the molecule is NS(=O)c1cc([N+]23CCCCCC2C2CCC(F)(F)CC2C3=O)ccn1. The van der Waals surface area contributed by atoms with Crippen LogP contribution in [0.2, 0.25) is 0 Å². The molecule has 5 unspecified atom stereocenters. The highest BCUT2D eigenvalue weighted by Crippen LogP contribution is 2.53. The summed E-state index contributed by atoms with van der Waals surface area (Å²) >= 11 is 0. The molecule has 142 valence electrons. The highest BCUT2D eigenvalue weighted by molar-refractivity contribution is 7.82. The third-order valence-corrected chi connectivity index (χ3v) is 7.18. The lowest BCUT2D eigenvalue weighted by Crippen LogP contribution is -2.57. The van der Waals surface area contributed by atoms with Gasteiger partial charge in [0.05, 0.1) is 12.5 Å². The van der Waals surface area contributed by atoms with Crippen LogP contribution in [0.5, 0.6) is 0 Å². The van der Waals surface area contributed by atoms with E-state index < -0.39 is 22.8 Å². The molecule has 1 aliphatic carbocycles. The highest BCUT2D eigenvalue weighted by Gasteiger charge is 2.65. The first-order valence-electron chi connectivity index (χ1n) is 9.28. The number of nitrogens with zero attached hydrogens (tertiary/aromatic N) is 2. The molecule has 2 saturated heterocycles. The zero-order chi connectivity index (χ0) is 18.5. The van der Waals surface area contributed by atoms with Crippen molar-refractivity contribution in [3.63, 3.8) is 0 Å². The first kappa shape index (κ1) is 18.1. The molecule has 8 heteroatoms. The number of nitrogens with two attached hydrogens (primary N) is 1. The average Bonchev–Trinajstić information content (AvgIpc) is 2.76. The van der Waals surface area contributed by atoms with Crippen molar-refractivity contribution in [2.45, 2.75) is 61.9 Å². The van der Waals surface area contributed by atoms with Gasteiger partial charge < -0.3 is 0 Å². The minimum Gasteiger partial charge on any atom is -0.246 e. The number of amides is 1. The number of rotatable bonds is 2. The van der Waals surface area contributed by atoms with Crippen molar-refractivity contribution in [3.05, 3.63) is 18.3 Å². The van der Waals surface area contributed by atoms with Crippen LogP contribution in [-0.2, 0) is 15.8 Å². The van der Waals surface area contributed by atoms with Crippen molar-refractivity contribution in [2.24, 2.45) is 17.0 Å².